The summed E-state index contributed by atoms with van der Waals surface area (Å²) in [7, 11) is 1.39. The van der Waals surface area contributed by atoms with E-state index in [9.17, 15) is 9.18 Å². The molecule has 1 amide bonds. The van der Waals surface area contributed by atoms with Gasteiger partial charge in [0.1, 0.15) is 0 Å². The van der Waals surface area contributed by atoms with Gasteiger partial charge in [0.25, 0.3) is 5.91 Å². The molecule has 5 heteroatoms. The van der Waals surface area contributed by atoms with Gasteiger partial charge >= 0.3 is 0 Å². The third-order valence-electron chi connectivity index (χ3n) is 1.28. The molecule has 0 unspecified atom stereocenters. The van der Waals surface area contributed by atoms with Crippen LogP contribution in [0.4, 0.5) is 4.39 Å². The first-order valence-electron chi connectivity index (χ1n) is 3.19. The molecule has 1 rings (SSSR count). The summed E-state index contributed by atoms with van der Waals surface area (Å²) in [6, 6.07) is 1.28. The van der Waals surface area contributed by atoms with Gasteiger partial charge in [0.15, 0.2) is 11.5 Å². The predicted molar refractivity (Wildman–Crippen MR) is 42.6 cm³/mol. The molecule has 64 valence electrons. The van der Waals surface area contributed by atoms with E-state index in [0.29, 0.717) is 0 Å². The molecular formula is C7H6ClFN2O. The second-order valence-corrected chi connectivity index (χ2v) is 2.44. The van der Waals surface area contributed by atoms with E-state index in [2.05, 4.69) is 10.3 Å². The zero-order chi connectivity index (χ0) is 9.14. The smallest absolute Gasteiger partial charge is 0.272 e. The maximum absolute atomic E-state index is 13.0. The van der Waals surface area contributed by atoms with E-state index in [1.54, 1.807) is 0 Å². The number of halogens is 2. The number of nitrogens with one attached hydrogen (secondary N) is 1. The largest absolute Gasteiger partial charge is 0.354 e. The molecule has 0 aliphatic heterocycles. The van der Waals surface area contributed by atoms with Crippen LogP contribution in [-0.4, -0.2) is 17.9 Å². The molecule has 1 aromatic heterocycles. The molecule has 12 heavy (non-hydrogen) atoms. The number of hydrogen-bond acceptors (Lipinski definition) is 2. The highest BCUT2D eigenvalue weighted by atomic mass is 35.5. The number of rotatable bonds is 1. The number of pyridine rings is 1. The fourth-order valence-electron chi connectivity index (χ4n) is 0.697. The van der Waals surface area contributed by atoms with Crippen molar-refractivity contribution in [3.63, 3.8) is 0 Å². The third-order valence-corrected chi connectivity index (χ3v) is 1.58. The van der Waals surface area contributed by atoms with Gasteiger partial charge in [-0.05, 0) is 6.07 Å². The lowest BCUT2D eigenvalue weighted by atomic mass is 10.3. The van der Waals surface area contributed by atoms with Gasteiger partial charge in [0, 0.05) is 13.2 Å². The van der Waals surface area contributed by atoms with E-state index in [-0.39, 0.29) is 10.7 Å². The Kier molecular flexibility index (Phi) is 2.60. The lowest BCUT2D eigenvalue weighted by molar-refractivity contribution is 0.0953. The Hall–Kier alpha value is -1.16. The van der Waals surface area contributed by atoms with Gasteiger partial charge in [0.05, 0.1) is 5.02 Å². The lowest BCUT2D eigenvalue weighted by Gasteiger charge is -2.00. The Balaban J connectivity index is 3.16. The van der Waals surface area contributed by atoms with Gasteiger partial charge in [-0.3, -0.25) is 4.79 Å². The van der Waals surface area contributed by atoms with Crippen molar-refractivity contribution >= 4 is 17.5 Å². The van der Waals surface area contributed by atoms with Crippen molar-refractivity contribution in [2.24, 2.45) is 0 Å². The van der Waals surface area contributed by atoms with Crippen molar-refractivity contribution < 1.29 is 9.18 Å². The number of nitrogens with zero attached hydrogens (tertiary/aromatic N) is 1. The van der Waals surface area contributed by atoms with Crippen LogP contribution in [-0.2, 0) is 0 Å². The molecule has 0 aromatic carbocycles. The second-order valence-electron chi connectivity index (χ2n) is 2.03. The van der Waals surface area contributed by atoms with Gasteiger partial charge in [-0.1, -0.05) is 11.6 Å². The van der Waals surface area contributed by atoms with E-state index in [4.69, 9.17) is 11.6 Å². The van der Waals surface area contributed by atoms with E-state index in [1.807, 2.05) is 0 Å². The monoisotopic (exact) mass is 188 g/mol. The molecule has 0 atom stereocenters. The summed E-state index contributed by atoms with van der Waals surface area (Å²) < 4.78 is 13.0. The van der Waals surface area contributed by atoms with Crippen LogP contribution < -0.4 is 5.32 Å². The minimum atomic E-state index is -0.793. The highest BCUT2D eigenvalue weighted by molar-refractivity contribution is 6.31. The van der Waals surface area contributed by atoms with Crippen LogP contribution in [0.15, 0.2) is 12.3 Å². The maximum Gasteiger partial charge on any atom is 0.272 e. The summed E-state index contributed by atoms with van der Waals surface area (Å²) >= 11 is 5.42. The van der Waals surface area contributed by atoms with Crippen LogP contribution in [0, 0.1) is 5.82 Å². The number of hydrogen-bond donors (Lipinski definition) is 1. The summed E-state index contributed by atoms with van der Waals surface area (Å²) in [6.07, 6.45) is 1.27. The number of carbonyl (C=O) groups excluding carboxylic acids is 1. The molecule has 3 nitrogen and oxygen atoms in total. The molecule has 0 aliphatic carbocycles. The Labute approximate surface area is 73.6 Å². The summed E-state index contributed by atoms with van der Waals surface area (Å²) in [6.45, 7) is 0. The molecule has 0 fully saturated rings. The first-order chi connectivity index (χ1) is 5.66. The molecule has 1 N–H and O–H groups in total. The van der Waals surface area contributed by atoms with E-state index >= 15 is 0 Å². The molecule has 0 aliphatic rings. The normalized spacial score (nSPS) is 9.58. The van der Waals surface area contributed by atoms with Crippen molar-refractivity contribution in [1.29, 1.82) is 0 Å². The van der Waals surface area contributed by atoms with Gasteiger partial charge in [-0.15, -0.1) is 0 Å². The fraction of sp³-hybridized carbons (Fsp3) is 0.143. The predicted octanol–water partition coefficient (Wildman–Crippen LogP) is 1.23. The first-order valence-corrected chi connectivity index (χ1v) is 3.56. The molecule has 0 radical (unpaired) electrons. The first kappa shape index (κ1) is 8.93. The van der Waals surface area contributed by atoms with Crippen LogP contribution in [0.1, 0.15) is 10.5 Å². The lowest BCUT2D eigenvalue weighted by Crippen LogP contribution is -2.20. The number of aromatic nitrogens is 1. The SMILES string of the molecule is CNC(=O)c1nccc(Cl)c1F. The van der Waals surface area contributed by atoms with Crippen LogP contribution in [0.5, 0.6) is 0 Å². The Morgan fingerprint density at radius 2 is 2.42 bits per heavy atom. The minimum Gasteiger partial charge on any atom is -0.354 e. The third kappa shape index (κ3) is 1.53. The van der Waals surface area contributed by atoms with Crippen LogP contribution in [0.2, 0.25) is 5.02 Å². The highest BCUT2D eigenvalue weighted by Gasteiger charge is 2.13. The molecular weight excluding hydrogens is 183 g/mol. The average Bonchev–Trinajstić information content (AvgIpc) is 2.08. The zero-order valence-electron chi connectivity index (χ0n) is 6.27. The Morgan fingerprint density at radius 1 is 1.75 bits per heavy atom. The van der Waals surface area contributed by atoms with Gasteiger partial charge in [-0.25, -0.2) is 9.37 Å². The van der Waals surface area contributed by atoms with Gasteiger partial charge < -0.3 is 5.32 Å². The van der Waals surface area contributed by atoms with Crippen molar-refractivity contribution in [2.45, 2.75) is 0 Å². The van der Waals surface area contributed by atoms with E-state index in [1.165, 1.54) is 19.3 Å². The van der Waals surface area contributed by atoms with Gasteiger partial charge in [-0.2, -0.15) is 0 Å². The van der Waals surface area contributed by atoms with E-state index in [0.717, 1.165) is 0 Å². The van der Waals surface area contributed by atoms with E-state index < -0.39 is 11.7 Å². The van der Waals surface area contributed by atoms with Crippen molar-refractivity contribution in [1.82, 2.24) is 10.3 Å². The quantitative estimate of drug-likeness (QED) is 0.721. The Morgan fingerprint density at radius 3 is 3.00 bits per heavy atom. The topological polar surface area (TPSA) is 42.0 Å². The fourth-order valence-corrected chi connectivity index (χ4v) is 0.843. The van der Waals surface area contributed by atoms with Crippen LogP contribution >= 0.6 is 11.6 Å². The second kappa shape index (κ2) is 3.49. The molecule has 1 aromatic rings. The highest BCUT2D eigenvalue weighted by Crippen LogP contribution is 2.15. The summed E-state index contributed by atoms with van der Waals surface area (Å²) in [5.74, 6) is -1.38. The average molecular weight is 189 g/mol. The van der Waals surface area contributed by atoms with Crippen LogP contribution in [0.25, 0.3) is 0 Å². The molecule has 1 heterocycles. The number of amides is 1. The van der Waals surface area contributed by atoms with Crippen molar-refractivity contribution in [3.8, 4) is 0 Å². The number of carbonyl (C=O) groups is 1. The maximum atomic E-state index is 13.0. The summed E-state index contributed by atoms with van der Waals surface area (Å²) in [5, 5.41) is 2.14. The molecule has 0 bridgehead atoms. The molecule has 0 saturated heterocycles. The van der Waals surface area contributed by atoms with Crippen molar-refractivity contribution in [2.75, 3.05) is 7.05 Å². The zero-order valence-corrected chi connectivity index (χ0v) is 7.02. The summed E-state index contributed by atoms with van der Waals surface area (Å²) in [5.41, 5.74) is -0.287. The summed E-state index contributed by atoms with van der Waals surface area (Å²) in [4.78, 5) is 14.5. The standard InChI is InChI=1S/C7H6ClFN2O/c1-10-7(12)6-5(9)4(8)2-3-11-6/h2-3H,1H3,(H,10,12). The molecule has 0 spiro atoms. The minimum absolute atomic E-state index is 0.108. The van der Waals surface area contributed by atoms with Gasteiger partial charge in [0.2, 0.25) is 0 Å². The van der Waals surface area contributed by atoms with Crippen molar-refractivity contribution in [3.05, 3.63) is 28.8 Å². The Bertz CT molecular complexity index is 316. The molecule has 0 saturated carbocycles. The van der Waals surface area contributed by atoms with Crippen LogP contribution in [0.3, 0.4) is 0 Å².